The Bertz CT molecular complexity index is 673. The van der Waals surface area contributed by atoms with Crippen LogP contribution in [0.25, 0.3) is 0 Å². The highest BCUT2D eigenvalue weighted by Crippen LogP contribution is 2.26. The third kappa shape index (κ3) is 4.71. The molecule has 3 rings (SSSR count). The van der Waals surface area contributed by atoms with Gasteiger partial charge in [-0.1, -0.05) is 0 Å². The molecule has 25 heavy (non-hydrogen) atoms. The lowest BCUT2D eigenvalue weighted by atomic mass is 10.3. The van der Waals surface area contributed by atoms with Crippen LogP contribution in [0.5, 0.6) is 5.75 Å². The van der Waals surface area contributed by atoms with Crippen LogP contribution in [0.3, 0.4) is 0 Å². The normalized spacial score (nSPS) is 14.9. The molecule has 2 heterocycles. The largest absolute Gasteiger partial charge is 0.497 e. The molecular formula is C17H24N6O2. The van der Waals surface area contributed by atoms with Crippen molar-refractivity contribution in [2.75, 3.05) is 62.9 Å². The molecule has 4 N–H and O–H groups in total. The first-order chi connectivity index (χ1) is 12.3. The first kappa shape index (κ1) is 17.2. The van der Waals surface area contributed by atoms with Gasteiger partial charge in [-0.25, -0.2) is 9.97 Å². The van der Waals surface area contributed by atoms with Crippen LogP contribution in [0, 0.1) is 0 Å². The molecular weight excluding hydrogens is 320 g/mol. The molecule has 0 amide bonds. The van der Waals surface area contributed by atoms with Crippen molar-refractivity contribution in [1.29, 1.82) is 0 Å². The maximum atomic E-state index is 6.20. The maximum absolute atomic E-state index is 6.20. The van der Waals surface area contributed by atoms with Gasteiger partial charge >= 0.3 is 0 Å². The fraction of sp³-hybridized carbons (Fsp3) is 0.412. The molecule has 1 fully saturated rings. The van der Waals surface area contributed by atoms with E-state index in [1.54, 1.807) is 7.11 Å². The maximum Gasteiger partial charge on any atom is 0.159 e. The predicted molar refractivity (Wildman–Crippen MR) is 98.5 cm³/mol. The number of ether oxygens (including phenoxy) is 2. The van der Waals surface area contributed by atoms with Crippen LogP contribution in [0.2, 0.25) is 0 Å². The van der Waals surface area contributed by atoms with Crippen LogP contribution in [0.15, 0.2) is 30.6 Å². The SMILES string of the molecule is COc1ccc(Nc2ncnc(NCCN3CCOCC3)c2N)cc1. The van der Waals surface area contributed by atoms with E-state index in [4.69, 9.17) is 15.2 Å². The molecule has 0 unspecified atom stereocenters. The number of hydrogen-bond donors (Lipinski definition) is 3. The van der Waals surface area contributed by atoms with Gasteiger partial charge in [0.25, 0.3) is 0 Å². The quantitative estimate of drug-likeness (QED) is 0.696. The summed E-state index contributed by atoms with van der Waals surface area (Å²) in [5.74, 6) is 2.01. The fourth-order valence-electron chi connectivity index (χ4n) is 2.60. The van der Waals surface area contributed by atoms with Crippen LogP contribution >= 0.6 is 0 Å². The Balaban J connectivity index is 1.58. The Morgan fingerprint density at radius 2 is 1.88 bits per heavy atom. The van der Waals surface area contributed by atoms with E-state index in [1.807, 2.05) is 24.3 Å². The van der Waals surface area contributed by atoms with Gasteiger partial charge < -0.3 is 25.8 Å². The van der Waals surface area contributed by atoms with E-state index >= 15 is 0 Å². The minimum atomic E-state index is 0.500. The Morgan fingerprint density at radius 3 is 2.60 bits per heavy atom. The minimum absolute atomic E-state index is 0.500. The summed E-state index contributed by atoms with van der Waals surface area (Å²) in [5.41, 5.74) is 7.58. The van der Waals surface area contributed by atoms with Crippen molar-refractivity contribution in [3.05, 3.63) is 30.6 Å². The molecule has 0 atom stereocenters. The number of nitrogens with two attached hydrogens (primary N) is 1. The summed E-state index contributed by atoms with van der Waals surface area (Å²) in [6.45, 7) is 5.21. The van der Waals surface area contributed by atoms with E-state index in [2.05, 4.69) is 25.5 Å². The summed E-state index contributed by atoms with van der Waals surface area (Å²) in [4.78, 5) is 10.8. The Labute approximate surface area is 147 Å². The first-order valence-electron chi connectivity index (χ1n) is 8.32. The van der Waals surface area contributed by atoms with E-state index in [1.165, 1.54) is 6.33 Å². The van der Waals surface area contributed by atoms with Crippen molar-refractivity contribution < 1.29 is 9.47 Å². The number of nitrogen functional groups attached to an aromatic ring is 1. The number of anilines is 4. The molecule has 0 radical (unpaired) electrons. The Morgan fingerprint density at radius 1 is 1.16 bits per heavy atom. The third-order valence-electron chi connectivity index (χ3n) is 4.06. The summed E-state index contributed by atoms with van der Waals surface area (Å²) in [7, 11) is 1.64. The lowest BCUT2D eigenvalue weighted by molar-refractivity contribution is 0.0398. The lowest BCUT2D eigenvalue weighted by Gasteiger charge is -2.26. The van der Waals surface area contributed by atoms with Crippen molar-refractivity contribution in [3.8, 4) is 5.75 Å². The van der Waals surface area contributed by atoms with Crippen molar-refractivity contribution in [2.45, 2.75) is 0 Å². The van der Waals surface area contributed by atoms with E-state index in [0.29, 0.717) is 17.3 Å². The van der Waals surface area contributed by atoms with E-state index in [0.717, 1.165) is 50.8 Å². The molecule has 2 aromatic rings. The molecule has 1 aliphatic rings. The van der Waals surface area contributed by atoms with Gasteiger partial charge in [0.15, 0.2) is 11.6 Å². The van der Waals surface area contributed by atoms with Crippen LogP contribution in [0.1, 0.15) is 0 Å². The summed E-state index contributed by atoms with van der Waals surface area (Å²) >= 11 is 0. The average molecular weight is 344 g/mol. The third-order valence-corrected chi connectivity index (χ3v) is 4.06. The number of nitrogens with zero attached hydrogens (tertiary/aromatic N) is 3. The second-order valence-electron chi connectivity index (χ2n) is 5.72. The number of morpholine rings is 1. The highest BCUT2D eigenvalue weighted by molar-refractivity contribution is 5.77. The first-order valence-corrected chi connectivity index (χ1v) is 8.32. The number of benzene rings is 1. The second kappa shape index (κ2) is 8.50. The summed E-state index contributed by atoms with van der Waals surface area (Å²) < 4.78 is 10.5. The van der Waals surface area contributed by atoms with Crippen LogP contribution in [-0.2, 0) is 4.74 Å². The molecule has 0 saturated carbocycles. The molecule has 0 spiro atoms. The number of nitrogens with one attached hydrogen (secondary N) is 2. The monoisotopic (exact) mass is 344 g/mol. The fourth-order valence-corrected chi connectivity index (χ4v) is 2.60. The topological polar surface area (TPSA) is 97.6 Å². The summed E-state index contributed by atoms with van der Waals surface area (Å²) in [6.07, 6.45) is 1.50. The van der Waals surface area contributed by atoms with Gasteiger partial charge in [-0.15, -0.1) is 0 Å². The highest BCUT2D eigenvalue weighted by atomic mass is 16.5. The Kier molecular flexibility index (Phi) is 5.86. The number of hydrogen-bond acceptors (Lipinski definition) is 8. The molecule has 8 heteroatoms. The standard InChI is InChI=1S/C17H24N6O2/c1-24-14-4-2-13(3-5-14)22-17-15(18)16(20-12-21-17)19-6-7-23-8-10-25-11-9-23/h2-5,12H,6-11,18H2,1H3,(H2,19,20,21,22). The van der Waals surface area contributed by atoms with E-state index in [-0.39, 0.29) is 0 Å². The van der Waals surface area contributed by atoms with Gasteiger partial charge in [0.2, 0.25) is 0 Å². The van der Waals surface area contributed by atoms with Crippen molar-refractivity contribution in [3.63, 3.8) is 0 Å². The minimum Gasteiger partial charge on any atom is -0.497 e. The van der Waals surface area contributed by atoms with Crippen LogP contribution in [0.4, 0.5) is 23.0 Å². The molecule has 1 aromatic heterocycles. The second-order valence-corrected chi connectivity index (χ2v) is 5.72. The Hall–Kier alpha value is -2.58. The van der Waals surface area contributed by atoms with Crippen molar-refractivity contribution in [1.82, 2.24) is 14.9 Å². The van der Waals surface area contributed by atoms with Gasteiger partial charge in [-0.3, -0.25) is 4.90 Å². The smallest absolute Gasteiger partial charge is 0.159 e. The van der Waals surface area contributed by atoms with Gasteiger partial charge in [0.1, 0.15) is 17.8 Å². The zero-order chi connectivity index (χ0) is 17.5. The lowest BCUT2D eigenvalue weighted by Crippen LogP contribution is -2.39. The summed E-state index contributed by atoms with van der Waals surface area (Å²) in [5, 5.41) is 6.49. The van der Waals surface area contributed by atoms with Crippen molar-refractivity contribution >= 4 is 23.0 Å². The molecule has 1 aliphatic heterocycles. The molecule has 1 saturated heterocycles. The molecule has 0 bridgehead atoms. The van der Waals surface area contributed by atoms with E-state index < -0.39 is 0 Å². The van der Waals surface area contributed by atoms with E-state index in [9.17, 15) is 0 Å². The van der Waals surface area contributed by atoms with Crippen molar-refractivity contribution in [2.24, 2.45) is 0 Å². The molecule has 134 valence electrons. The molecule has 1 aromatic carbocycles. The van der Waals surface area contributed by atoms with Crippen LogP contribution in [-0.4, -0.2) is 61.4 Å². The molecule has 0 aliphatic carbocycles. The van der Waals surface area contributed by atoms with Gasteiger partial charge in [-0.05, 0) is 24.3 Å². The highest BCUT2D eigenvalue weighted by Gasteiger charge is 2.11. The zero-order valence-corrected chi connectivity index (χ0v) is 14.4. The number of rotatable bonds is 7. The molecule has 8 nitrogen and oxygen atoms in total. The average Bonchev–Trinajstić information content (AvgIpc) is 2.66. The number of methoxy groups -OCH3 is 1. The van der Waals surface area contributed by atoms with Crippen LogP contribution < -0.4 is 21.1 Å². The van der Waals surface area contributed by atoms with Gasteiger partial charge in [0, 0.05) is 31.9 Å². The number of aromatic nitrogens is 2. The zero-order valence-electron chi connectivity index (χ0n) is 14.4. The van der Waals surface area contributed by atoms with Gasteiger partial charge in [-0.2, -0.15) is 0 Å². The summed E-state index contributed by atoms with van der Waals surface area (Å²) in [6, 6.07) is 7.57. The predicted octanol–water partition coefficient (Wildman–Crippen LogP) is 1.56. The van der Waals surface area contributed by atoms with Gasteiger partial charge in [0.05, 0.1) is 20.3 Å².